The summed E-state index contributed by atoms with van der Waals surface area (Å²) in [6, 6.07) is 11.9. The van der Waals surface area contributed by atoms with E-state index in [0.717, 1.165) is 16.8 Å². The van der Waals surface area contributed by atoms with Crippen molar-refractivity contribution in [3.05, 3.63) is 59.4 Å². The van der Waals surface area contributed by atoms with Crippen molar-refractivity contribution < 1.29 is 28.1 Å². The number of benzene rings is 2. The second-order valence-corrected chi connectivity index (χ2v) is 8.31. The van der Waals surface area contributed by atoms with Crippen molar-refractivity contribution in [3.63, 3.8) is 0 Å². The first-order chi connectivity index (χ1) is 15.9. The second kappa shape index (κ2) is 11.4. The third-order valence-electron chi connectivity index (χ3n) is 5.91. The molecule has 8 heteroatoms. The number of carbonyl (C=O) groups is 1. The molecule has 33 heavy (non-hydrogen) atoms. The second-order valence-electron chi connectivity index (χ2n) is 8.31. The molecule has 2 amide bonds. The van der Waals surface area contributed by atoms with Crippen molar-refractivity contribution in [2.45, 2.75) is 38.0 Å². The number of nitrogens with one attached hydrogen (secondary N) is 1. The molecule has 2 aromatic rings. The summed E-state index contributed by atoms with van der Waals surface area (Å²) < 4.78 is 36.5. The van der Waals surface area contributed by atoms with Gasteiger partial charge in [0.2, 0.25) is 0 Å². The van der Waals surface area contributed by atoms with Gasteiger partial charge in [-0.15, -0.1) is 0 Å². The molecule has 1 heterocycles. The van der Waals surface area contributed by atoms with Crippen LogP contribution in [-0.4, -0.2) is 53.2 Å². The molecule has 1 N–H and O–H groups in total. The first kappa shape index (κ1) is 25.0. The lowest BCUT2D eigenvalue weighted by atomic mass is 9.86. The van der Waals surface area contributed by atoms with Gasteiger partial charge in [-0.2, -0.15) is 0 Å². The predicted molar refractivity (Wildman–Crippen MR) is 124 cm³/mol. The number of urea groups is 1. The maximum Gasteiger partial charge on any atom is 0.321 e. The molecule has 2 aromatic carbocycles. The van der Waals surface area contributed by atoms with Gasteiger partial charge in [0.15, 0.2) is 0 Å². The van der Waals surface area contributed by atoms with Gasteiger partial charge in [0.1, 0.15) is 18.2 Å². The average molecular weight is 461 g/mol. The van der Waals surface area contributed by atoms with E-state index >= 15 is 0 Å². The molecule has 1 atom stereocenters. The molecule has 1 saturated heterocycles. The number of ether oxygens (including phenoxy) is 4. The summed E-state index contributed by atoms with van der Waals surface area (Å²) in [6.07, 6.45) is 1.33. The maximum absolute atomic E-state index is 14.4. The van der Waals surface area contributed by atoms with Crippen LogP contribution in [-0.2, 0) is 26.4 Å². The summed E-state index contributed by atoms with van der Waals surface area (Å²) in [5, 5.41) is 2.87. The molecule has 0 saturated carbocycles. The number of methoxy groups -OCH3 is 2. The molecule has 7 nitrogen and oxygen atoms in total. The molecule has 1 aliphatic rings. The number of hydrogen-bond donors (Lipinski definition) is 1. The quantitative estimate of drug-likeness (QED) is 0.606. The predicted octanol–water partition coefficient (Wildman–Crippen LogP) is 4.24. The van der Waals surface area contributed by atoms with E-state index in [1.807, 2.05) is 37.3 Å². The van der Waals surface area contributed by atoms with Crippen LogP contribution in [0.25, 0.3) is 0 Å². The Morgan fingerprint density at radius 2 is 1.88 bits per heavy atom. The van der Waals surface area contributed by atoms with Crippen molar-refractivity contribution in [1.29, 1.82) is 0 Å². The van der Waals surface area contributed by atoms with Crippen molar-refractivity contribution in [1.82, 2.24) is 5.32 Å². The van der Waals surface area contributed by atoms with E-state index in [-0.39, 0.29) is 24.5 Å². The van der Waals surface area contributed by atoms with Gasteiger partial charge in [0.05, 0.1) is 18.2 Å². The van der Waals surface area contributed by atoms with Gasteiger partial charge in [-0.1, -0.05) is 12.1 Å². The molecule has 1 fully saturated rings. The number of amides is 2. The van der Waals surface area contributed by atoms with Gasteiger partial charge in [0, 0.05) is 59.1 Å². The van der Waals surface area contributed by atoms with Crippen LogP contribution in [0.3, 0.4) is 0 Å². The fraction of sp³-hybridized carbons (Fsp3) is 0.480. The minimum absolute atomic E-state index is 0.0906. The largest absolute Gasteiger partial charge is 0.489 e. The Morgan fingerprint density at radius 3 is 2.52 bits per heavy atom. The van der Waals surface area contributed by atoms with Crippen molar-refractivity contribution in [2.24, 2.45) is 0 Å². The molecular formula is C25H33FN2O5. The Hall–Kier alpha value is -2.68. The fourth-order valence-electron chi connectivity index (χ4n) is 3.92. The normalized spacial score (nSPS) is 16.2. The van der Waals surface area contributed by atoms with Crippen LogP contribution in [0.5, 0.6) is 5.75 Å². The first-order valence-corrected chi connectivity index (χ1v) is 11.1. The monoisotopic (exact) mass is 460 g/mol. The van der Waals surface area contributed by atoms with E-state index in [4.69, 9.17) is 18.9 Å². The van der Waals surface area contributed by atoms with Crippen molar-refractivity contribution in [3.8, 4) is 5.75 Å². The smallest absolute Gasteiger partial charge is 0.321 e. The topological polar surface area (TPSA) is 69.3 Å². The van der Waals surface area contributed by atoms with E-state index < -0.39 is 5.60 Å². The molecule has 1 aliphatic heterocycles. The summed E-state index contributed by atoms with van der Waals surface area (Å²) in [5.41, 5.74) is 1.84. The Bertz CT molecular complexity index is 916. The maximum atomic E-state index is 14.4. The van der Waals surface area contributed by atoms with Crippen LogP contribution < -0.4 is 15.0 Å². The molecule has 0 aromatic heterocycles. The van der Waals surface area contributed by atoms with Gasteiger partial charge in [-0.25, -0.2) is 9.18 Å². The Morgan fingerprint density at radius 1 is 1.18 bits per heavy atom. The minimum Gasteiger partial charge on any atom is -0.489 e. The molecule has 0 radical (unpaired) electrons. The van der Waals surface area contributed by atoms with Gasteiger partial charge in [-0.05, 0) is 42.3 Å². The van der Waals surface area contributed by atoms with Crippen molar-refractivity contribution in [2.75, 3.05) is 46.0 Å². The summed E-state index contributed by atoms with van der Waals surface area (Å²) in [4.78, 5) is 13.9. The van der Waals surface area contributed by atoms with Gasteiger partial charge >= 0.3 is 6.03 Å². The Balaban J connectivity index is 1.63. The van der Waals surface area contributed by atoms with E-state index in [0.29, 0.717) is 38.4 Å². The Kier molecular flexibility index (Phi) is 8.66. The van der Waals surface area contributed by atoms with E-state index in [9.17, 15) is 9.18 Å². The van der Waals surface area contributed by atoms with E-state index in [1.165, 1.54) is 17.0 Å². The molecular weight excluding hydrogens is 427 g/mol. The molecule has 0 aliphatic carbocycles. The third kappa shape index (κ3) is 6.43. The van der Waals surface area contributed by atoms with Crippen LogP contribution in [0.15, 0.2) is 42.5 Å². The van der Waals surface area contributed by atoms with Crippen LogP contribution in [0.4, 0.5) is 14.9 Å². The lowest BCUT2D eigenvalue weighted by Crippen LogP contribution is -2.43. The fourth-order valence-corrected chi connectivity index (χ4v) is 3.92. The van der Waals surface area contributed by atoms with Gasteiger partial charge in [-0.3, -0.25) is 4.90 Å². The van der Waals surface area contributed by atoms with Crippen LogP contribution in [0, 0.1) is 5.82 Å². The van der Waals surface area contributed by atoms with Crippen LogP contribution >= 0.6 is 0 Å². The number of carbonyl (C=O) groups excluding carboxylic acids is 1. The minimum atomic E-state index is -0.563. The van der Waals surface area contributed by atoms with Crippen LogP contribution in [0.1, 0.15) is 30.9 Å². The number of nitrogens with zero attached hydrogens (tertiary/aromatic N) is 1. The van der Waals surface area contributed by atoms with E-state index in [2.05, 4.69) is 5.32 Å². The lowest BCUT2D eigenvalue weighted by Gasteiger charge is -2.36. The highest BCUT2D eigenvalue weighted by atomic mass is 19.1. The zero-order valence-electron chi connectivity index (χ0n) is 19.7. The van der Waals surface area contributed by atoms with Crippen LogP contribution in [0.2, 0.25) is 0 Å². The number of halogens is 1. The molecule has 3 rings (SSSR count). The van der Waals surface area contributed by atoms with E-state index in [1.54, 1.807) is 21.3 Å². The summed E-state index contributed by atoms with van der Waals surface area (Å²) >= 11 is 0. The molecule has 1 unspecified atom stereocenters. The summed E-state index contributed by atoms with van der Waals surface area (Å²) in [5.74, 6) is 0.0803. The zero-order chi connectivity index (χ0) is 23.8. The first-order valence-electron chi connectivity index (χ1n) is 11.1. The highest BCUT2D eigenvalue weighted by Gasteiger charge is 2.35. The molecule has 0 bridgehead atoms. The zero-order valence-corrected chi connectivity index (χ0v) is 19.7. The highest BCUT2D eigenvalue weighted by molar-refractivity contribution is 5.91. The number of rotatable bonds is 9. The highest BCUT2D eigenvalue weighted by Crippen LogP contribution is 2.37. The summed E-state index contributed by atoms with van der Waals surface area (Å²) in [7, 11) is 4.95. The number of hydrogen-bond acceptors (Lipinski definition) is 5. The lowest BCUT2D eigenvalue weighted by molar-refractivity contribution is -0.0950. The molecule has 180 valence electrons. The van der Waals surface area contributed by atoms with Gasteiger partial charge < -0.3 is 24.3 Å². The Labute approximate surface area is 194 Å². The van der Waals surface area contributed by atoms with Gasteiger partial charge in [0.25, 0.3) is 0 Å². The third-order valence-corrected chi connectivity index (χ3v) is 5.91. The number of anilines is 1. The summed E-state index contributed by atoms with van der Waals surface area (Å²) in [6.45, 7) is 3.74. The average Bonchev–Trinajstić information content (AvgIpc) is 2.82. The standard InChI is InChI=1S/C25H33FN2O5/c1-18(16-30-3)27-24(29)28(2)22-7-5-19(6-8-22)17-33-23-14-20(13-21(26)15-23)25(31-4)9-11-32-12-10-25/h5-8,13-15,18H,9-12,16-17H2,1-4H3,(H,27,29). The molecule has 0 spiro atoms. The SMILES string of the molecule is COCC(C)NC(=O)N(C)c1ccc(COc2cc(F)cc(C3(OC)CCOCC3)c2)cc1. The van der Waals surface area contributed by atoms with Crippen molar-refractivity contribution >= 4 is 11.7 Å².